The number of hydrogen-bond donors (Lipinski definition) is 1. The minimum Gasteiger partial charge on any atom is -0.311 e. The first kappa shape index (κ1) is 16.5. The van der Waals surface area contributed by atoms with Crippen LogP contribution in [0.25, 0.3) is 0 Å². The van der Waals surface area contributed by atoms with E-state index in [-0.39, 0.29) is 0 Å². The summed E-state index contributed by atoms with van der Waals surface area (Å²) in [4.78, 5) is 2.13. The van der Waals surface area contributed by atoms with E-state index >= 15 is 0 Å². The molecule has 108 valence electrons. The molecule has 0 aliphatic carbocycles. The lowest BCUT2D eigenvalue weighted by Crippen LogP contribution is -2.28. The number of benzene rings is 1. The van der Waals surface area contributed by atoms with E-state index in [0.717, 1.165) is 25.7 Å². The number of halogens is 4. The van der Waals surface area contributed by atoms with Crippen molar-refractivity contribution in [3.63, 3.8) is 0 Å². The molecule has 0 heterocycles. The summed E-state index contributed by atoms with van der Waals surface area (Å²) in [5.74, 6) is 0. The molecule has 0 aliphatic rings. The normalized spacial score (nSPS) is 12.2. The monoisotopic (exact) mass is 338 g/mol. The number of alkyl halides is 3. The van der Waals surface area contributed by atoms with Crippen molar-refractivity contribution in [3.05, 3.63) is 33.8 Å². The second-order valence-corrected chi connectivity index (χ2v) is 5.23. The molecule has 0 atom stereocenters. The van der Waals surface area contributed by atoms with E-state index < -0.39 is 11.7 Å². The fourth-order valence-corrected chi connectivity index (χ4v) is 1.92. The van der Waals surface area contributed by atoms with Gasteiger partial charge in [0.1, 0.15) is 0 Å². The SMILES string of the molecule is CCN(C)CCNCc1cc(C(F)(F)F)ccc1Br. The predicted molar refractivity (Wildman–Crippen MR) is 74.0 cm³/mol. The van der Waals surface area contributed by atoms with E-state index in [0.29, 0.717) is 16.6 Å². The Bertz CT molecular complexity index is 407. The van der Waals surface area contributed by atoms with Crippen LogP contribution < -0.4 is 5.32 Å². The molecular formula is C13H18BrF3N2. The van der Waals surface area contributed by atoms with E-state index in [1.807, 2.05) is 7.05 Å². The maximum absolute atomic E-state index is 12.6. The second kappa shape index (κ2) is 7.26. The maximum atomic E-state index is 12.6. The van der Waals surface area contributed by atoms with Crippen LogP contribution >= 0.6 is 15.9 Å². The van der Waals surface area contributed by atoms with Crippen LogP contribution in [0.2, 0.25) is 0 Å². The predicted octanol–water partition coefficient (Wildman–Crippen LogP) is 3.51. The lowest BCUT2D eigenvalue weighted by molar-refractivity contribution is -0.137. The minimum atomic E-state index is -4.29. The Hall–Kier alpha value is -0.590. The first-order valence-corrected chi connectivity index (χ1v) is 6.88. The topological polar surface area (TPSA) is 15.3 Å². The number of nitrogens with one attached hydrogen (secondary N) is 1. The van der Waals surface area contributed by atoms with Gasteiger partial charge in [0, 0.05) is 24.1 Å². The standard InChI is InChI=1S/C13H18BrF3N2/c1-3-19(2)7-6-18-9-10-8-11(13(15,16)17)4-5-12(10)14/h4-5,8,18H,3,6-7,9H2,1-2H3. The molecule has 19 heavy (non-hydrogen) atoms. The molecule has 0 fully saturated rings. The third kappa shape index (κ3) is 5.50. The van der Waals surface area contributed by atoms with Crippen molar-refractivity contribution in [2.45, 2.75) is 19.6 Å². The van der Waals surface area contributed by atoms with Crippen LogP contribution in [0.1, 0.15) is 18.1 Å². The lowest BCUT2D eigenvalue weighted by Gasteiger charge is -2.15. The summed E-state index contributed by atoms with van der Waals surface area (Å²) in [5.41, 5.74) is 0.00662. The minimum absolute atomic E-state index is 0.419. The van der Waals surface area contributed by atoms with Crippen molar-refractivity contribution in [2.24, 2.45) is 0 Å². The molecular weight excluding hydrogens is 321 g/mol. The van der Waals surface area contributed by atoms with Crippen LogP contribution in [-0.2, 0) is 12.7 Å². The smallest absolute Gasteiger partial charge is 0.311 e. The van der Waals surface area contributed by atoms with Gasteiger partial charge in [-0.2, -0.15) is 13.2 Å². The highest BCUT2D eigenvalue weighted by Crippen LogP contribution is 2.31. The molecule has 2 nitrogen and oxygen atoms in total. The van der Waals surface area contributed by atoms with Gasteiger partial charge in [0.15, 0.2) is 0 Å². The fourth-order valence-electron chi connectivity index (χ4n) is 1.54. The van der Waals surface area contributed by atoms with Crippen LogP contribution in [0, 0.1) is 0 Å². The van der Waals surface area contributed by atoms with Gasteiger partial charge in [-0.15, -0.1) is 0 Å². The molecule has 0 bridgehead atoms. The lowest BCUT2D eigenvalue weighted by atomic mass is 10.1. The summed E-state index contributed by atoms with van der Waals surface area (Å²) in [5, 5.41) is 3.15. The van der Waals surface area contributed by atoms with Crippen molar-refractivity contribution in [2.75, 3.05) is 26.7 Å². The van der Waals surface area contributed by atoms with Crippen molar-refractivity contribution >= 4 is 15.9 Å². The summed E-state index contributed by atoms with van der Waals surface area (Å²) >= 11 is 3.27. The van der Waals surface area contributed by atoms with Gasteiger partial charge in [0.05, 0.1) is 5.56 Å². The Kier molecular flexibility index (Phi) is 6.29. The van der Waals surface area contributed by atoms with Gasteiger partial charge in [0.2, 0.25) is 0 Å². The first-order valence-electron chi connectivity index (χ1n) is 6.09. The zero-order valence-electron chi connectivity index (χ0n) is 11.0. The number of hydrogen-bond acceptors (Lipinski definition) is 2. The van der Waals surface area contributed by atoms with Crippen molar-refractivity contribution in [3.8, 4) is 0 Å². The Balaban J connectivity index is 2.58. The van der Waals surface area contributed by atoms with E-state index in [9.17, 15) is 13.2 Å². The van der Waals surface area contributed by atoms with Gasteiger partial charge < -0.3 is 10.2 Å². The molecule has 1 aromatic carbocycles. The van der Waals surface area contributed by atoms with Crippen LogP contribution in [0.5, 0.6) is 0 Å². The van der Waals surface area contributed by atoms with E-state index in [4.69, 9.17) is 0 Å². The van der Waals surface area contributed by atoms with Crippen LogP contribution in [0.15, 0.2) is 22.7 Å². The summed E-state index contributed by atoms with van der Waals surface area (Å²) in [6, 6.07) is 3.71. The first-order chi connectivity index (χ1) is 8.84. The highest BCUT2D eigenvalue weighted by molar-refractivity contribution is 9.10. The summed E-state index contributed by atoms with van der Waals surface area (Å²) < 4.78 is 38.5. The molecule has 0 aromatic heterocycles. The molecule has 0 aliphatic heterocycles. The molecule has 0 saturated heterocycles. The Morgan fingerprint density at radius 3 is 2.58 bits per heavy atom. The molecule has 1 N–H and O–H groups in total. The van der Waals surface area contributed by atoms with Gasteiger partial charge in [-0.3, -0.25) is 0 Å². The van der Waals surface area contributed by atoms with E-state index in [1.54, 1.807) is 0 Å². The third-order valence-electron chi connectivity index (χ3n) is 2.90. The van der Waals surface area contributed by atoms with E-state index in [1.165, 1.54) is 12.1 Å². The quantitative estimate of drug-likeness (QED) is 0.798. The summed E-state index contributed by atoms with van der Waals surface area (Å²) in [7, 11) is 2.00. The summed E-state index contributed by atoms with van der Waals surface area (Å²) in [6.45, 7) is 5.04. The Labute approximate surface area is 120 Å². The van der Waals surface area contributed by atoms with Gasteiger partial charge in [-0.1, -0.05) is 22.9 Å². The van der Waals surface area contributed by atoms with Crippen molar-refractivity contribution < 1.29 is 13.2 Å². The molecule has 1 aromatic rings. The number of rotatable bonds is 6. The zero-order valence-corrected chi connectivity index (χ0v) is 12.6. The molecule has 0 radical (unpaired) electrons. The maximum Gasteiger partial charge on any atom is 0.416 e. The highest BCUT2D eigenvalue weighted by atomic mass is 79.9. The number of nitrogens with zero attached hydrogens (tertiary/aromatic N) is 1. The highest BCUT2D eigenvalue weighted by Gasteiger charge is 2.30. The van der Waals surface area contributed by atoms with Crippen molar-refractivity contribution in [1.29, 1.82) is 0 Å². The number of likely N-dealkylation sites (N-methyl/N-ethyl adjacent to an activating group) is 1. The Morgan fingerprint density at radius 2 is 2.00 bits per heavy atom. The van der Waals surface area contributed by atoms with Gasteiger partial charge in [-0.05, 0) is 37.4 Å². The molecule has 0 saturated carbocycles. The second-order valence-electron chi connectivity index (χ2n) is 4.38. The summed E-state index contributed by atoms with van der Waals surface area (Å²) in [6.07, 6.45) is -4.29. The molecule has 0 spiro atoms. The third-order valence-corrected chi connectivity index (χ3v) is 3.67. The fraction of sp³-hybridized carbons (Fsp3) is 0.538. The van der Waals surface area contributed by atoms with Gasteiger partial charge in [0.25, 0.3) is 0 Å². The van der Waals surface area contributed by atoms with Crippen LogP contribution in [0.4, 0.5) is 13.2 Å². The molecule has 1 rings (SSSR count). The zero-order chi connectivity index (χ0) is 14.5. The van der Waals surface area contributed by atoms with Gasteiger partial charge >= 0.3 is 6.18 Å². The van der Waals surface area contributed by atoms with Crippen molar-refractivity contribution in [1.82, 2.24) is 10.2 Å². The van der Waals surface area contributed by atoms with E-state index in [2.05, 4.69) is 33.1 Å². The largest absolute Gasteiger partial charge is 0.416 e. The van der Waals surface area contributed by atoms with Crippen LogP contribution in [0.3, 0.4) is 0 Å². The van der Waals surface area contributed by atoms with Gasteiger partial charge in [-0.25, -0.2) is 0 Å². The molecule has 0 unspecified atom stereocenters. The average molecular weight is 339 g/mol. The van der Waals surface area contributed by atoms with Crippen LogP contribution in [-0.4, -0.2) is 31.6 Å². The molecule has 0 amide bonds. The average Bonchev–Trinajstić information content (AvgIpc) is 2.34. The molecule has 6 heteroatoms. The Morgan fingerprint density at radius 1 is 1.32 bits per heavy atom.